The molecule has 0 aromatic heterocycles. The van der Waals surface area contributed by atoms with Gasteiger partial charge in [-0.15, -0.1) is 0 Å². The van der Waals surface area contributed by atoms with Crippen LogP contribution in [0.3, 0.4) is 0 Å². The molecule has 1 aromatic rings. The van der Waals surface area contributed by atoms with Crippen LogP contribution in [0.1, 0.15) is 44.7 Å². The minimum atomic E-state index is -3.59. The standard InChI is InChI=1S/C19H23FN2O3S/c1-18(2)12-7-8-19(18)10-26(24,25)22(14(19)9-12)17(23)16-15(21-16)11-3-5-13(20)6-4-11/h3-6,12,14-16,21H,7-10H2,1-2H3/t12-,14-,15-,16-,19-/m1/s1. The highest BCUT2D eigenvalue weighted by atomic mass is 32.2. The van der Waals surface area contributed by atoms with Gasteiger partial charge in [-0.3, -0.25) is 10.1 Å². The zero-order valence-corrected chi connectivity index (χ0v) is 15.7. The molecule has 2 aliphatic carbocycles. The van der Waals surface area contributed by atoms with Crippen LogP contribution in [0.4, 0.5) is 4.39 Å². The summed E-state index contributed by atoms with van der Waals surface area (Å²) >= 11 is 0. The fraction of sp³-hybridized carbons (Fsp3) is 0.632. The number of nitrogens with one attached hydrogen (secondary N) is 1. The van der Waals surface area contributed by atoms with Gasteiger partial charge in [-0.05, 0) is 48.3 Å². The van der Waals surface area contributed by atoms with Crippen molar-refractivity contribution in [3.05, 3.63) is 35.6 Å². The Morgan fingerprint density at radius 1 is 1.27 bits per heavy atom. The van der Waals surface area contributed by atoms with Crippen LogP contribution in [0.5, 0.6) is 0 Å². The smallest absolute Gasteiger partial charge is 0.255 e. The van der Waals surface area contributed by atoms with E-state index in [1.165, 1.54) is 16.4 Å². The van der Waals surface area contributed by atoms with E-state index in [1.807, 2.05) is 0 Å². The molecule has 4 aliphatic rings. The predicted molar refractivity (Wildman–Crippen MR) is 94.0 cm³/mol. The van der Waals surface area contributed by atoms with E-state index in [9.17, 15) is 17.6 Å². The number of benzene rings is 1. The number of halogens is 1. The fourth-order valence-corrected chi connectivity index (χ4v) is 8.59. The Bertz CT molecular complexity index is 898. The largest absolute Gasteiger partial charge is 0.295 e. The van der Waals surface area contributed by atoms with Crippen molar-refractivity contribution in [2.45, 2.75) is 51.2 Å². The molecule has 5 nitrogen and oxygen atoms in total. The minimum absolute atomic E-state index is 0.0485. The second kappa shape index (κ2) is 4.87. The lowest BCUT2D eigenvalue weighted by Crippen LogP contribution is -2.46. The van der Waals surface area contributed by atoms with Crippen LogP contribution in [0.15, 0.2) is 24.3 Å². The Morgan fingerprint density at radius 2 is 1.96 bits per heavy atom. The summed E-state index contributed by atoms with van der Waals surface area (Å²) in [5.74, 6) is -0.0955. The molecule has 2 aliphatic heterocycles. The van der Waals surface area contributed by atoms with Gasteiger partial charge in [0.25, 0.3) is 5.91 Å². The van der Waals surface area contributed by atoms with E-state index in [1.54, 1.807) is 12.1 Å². The van der Waals surface area contributed by atoms with Crippen molar-refractivity contribution in [1.82, 2.24) is 9.62 Å². The number of hydrogen-bond donors (Lipinski definition) is 1. The topological polar surface area (TPSA) is 76.4 Å². The Morgan fingerprint density at radius 3 is 2.62 bits per heavy atom. The first kappa shape index (κ1) is 16.7. The van der Waals surface area contributed by atoms with E-state index in [4.69, 9.17) is 0 Å². The average Bonchev–Trinajstić information content (AvgIpc) is 3.22. The summed E-state index contributed by atoms with van der Waals surface area (Å²) < 4.78 is 40.2. The first-order valence-electron chi connectivity index (χ1n) is 9.25. The molecule has 2 saturated carbocycles. The molecule has 1 amide bonds. The Balaban J connectivity index is 1.44. The van der Waals surface area contributed by atoms with Crippen LogP contribution in [0, 0.1) is 22.6 Å². The molecule has 5 rings (SSSR count). The molecule has 4 fully saturated rings. The number of hydrogen-bond acceptors (Lipinski definition) is 4. The van der Waals surface area contributed by atoms with Crippen molar-refractivity contribution in [3.63, 3.8) is 0 Å². The number of fused-ring (bicyclic) bond motifs is 1. The molecule has 26 heavy (non-hydrogen) atoms. The van der Waals surface area contributed by atoms with Crippen LogP contribution in [-0.4, -0.2) is 36.5 Å². The lowest BCUT2D eigenvalue weighted by Gasteiger charge is -2.37. The van der Waals surface area contributed by atoms with Crippen LogP contribution < -0.4 is 5.32 Å². The summed E-state index contributed by atoms with van der Waals surface area (Å²) in [6.07, 6.45) is 2.73. The first-order chi connectivity index (χ1) is 12.2. The molecule has 7 heteroatoms. The molecule has 1 N–H and O–H groups in total. The second-order valence-corrected chi connectivity index (χ2v) is 10.8. The third-order valence-corrected chi connectivity index (χ3v) is 9.62. The number of carbonyl (C=O) groups excluding carboxylic acids is 1. The summed E-state index contributed by atoms with van der Waals surface area (Å²) in [6.45, 7) is 4.34. The van der Waals surface area contributed by atoms with Crippen LogP contribution in [-0.2, 0) is 14.8 Å². The van der Waals surface area contributed by atoms with Crippen molar-refractivity contribution < 1.29 is 17.6 Å². The maximum absolute atomic E-state index is 13.1. The molecule has 5 atom stereocenters. The van der Waals surface area contributed by atoms with E-state index in [-0.39, 0.29) is 40.4 Å². The highest BCUT2D eigenvalue weighted by molar-refractivity contribution is 7.90. The minimum Gasteiger partial charge on any atom is -0.295 e. The number of carbonyl (C=O) groups is 1. The Hall–Kier alpha value is -1.47. The van der Waals surface area contributed by atoms with Gasteiger partial charge in [0, 0.05) is 5.41 Å². The van der Waals surface area contributed by atoms with Crippen LogP contribution in [0.2, 0.25) is 0 Å². The predicted octanol–water partition coefficient (Wildman–Crippen LogP) is 2.21. The zero-order valence-electron chi connectivity index (χ0n) is 14.9. The molecule has 0 radical (unpaired) electrons. The summed E-state index contributed by atoms with van der Waals surface area (Å²) in [4.78, 5) is 13.1. The quantitative estimate of drug-likeness (QED) is 0.801. The van der Waals surface area contributed by atoms with Gasteiger partial charge in [-0.1, -0.05) is 26.0 Å². The molecule has 2 bridgehead atoms. The first-order valence-corrected chi connectivity index (χ1v) is 10.9. The zero-order chi connectivity index (χ0) is 18.5. The maximum atomic E-state index is 13.1. The van der Waals surface area contributed by atoms with Gasteiger partial charge in [0.1, 0.15) is 11.9 Å². The van der Waals surface area contributed by atoms with Crippen molar-refractivity contribution >= 4 is 15.9 Å². The molecular weight excluding hydrogens is 355 g/mol. The Labute approximate surface area is 153 Å². The van der Waals surface area contributed by atoms with Gasteiger partial charge < -0.3 is 0 Å². The number of sulfonamides is 1. The van der Waals surface area contributed by atoms with Gasteiger partial charge in [0.15, 0.2) is 0 Å². The van der Waals surface area contributed by atoms with E-state index < -0.39 is 16.1 Å². The third-order valence-electron chi connectivity index (χ3n) is 7.71. The molecular formula is C19H23FN2O3S. The molecule has 140 valence electrons. The molecule has 2 saturated heterocycles. The lowest BCUT2D eigenvalue weighted by molar-refractivity contribution is -0.128. The Kier molecular flexibility index (Phi) is 3.12. The number of rotatable bonds is 2. The van der Waals surface area contributed by atoms with Gasteiger partial charge >= 0.3 is 0 Å². The highest BCUT2D eigenvalue weighted by Gasteiger charge is 2.73. The normalized spacial score (nSPS) is 41.3. The average molecular weight is 378 g/mol. The van der Waals surface area contributed by atoms with Gasteiger partial charge in [-0.25, -0.2) is 17.1 Å². The third kappa shape index (κ3) is 1.93. The van der Waals surface area contributed by atoms with Gasteiger partial charge in [-0.2, -0.15) is 0 Å². The summed E-state index contributed by atoms with van der Waals surface area (Å²) in [7, 11) is -3.59. The summed E-state index contributed by atoms with van der Waals surface area (Å²) in [5, 5.41) is 3.08. The molecule has 1 spiro atoms. The SMILES string of the molecule is CC1(C)[C@@H]2CC[C@]13CS(=O)(=O)N(C(=O)[C@@H]1N[C@@H]1c1ccc(F)cc1)[C@@H]3C2. The van der Waals surface area contributed by atoms with Gasteiger partial charge in [0.2, 0.25) is 10.0 Å². The van der Waals surface area contributed by atoms with Gasteiger partial charge in [0.05, 0.1) is 17.8 Å². The lowest BCUT2D eigenvalue weighted by atomic mass is 9.69. The van der Waals surface area contributed by atoms with Crippen LogP contribution >= 0.6 is 0 Å². The van der Waals surface area contributed by atoms with E-state index in [0.717, 1.165) is 24.8 Å². The maximum Gasteiger partial charge on any atom is 0.255 e. The highest BCUT2D eigenvalue weighted by Crippen LogP contribution is 2.70. The molecule has 2 heterocycles. The summed E-state index contributed by atoms with van der Waals surface area (Å²) in [5.41, 5.74) is 0.462. The van der Waals surface area contributed by atoms with E-state index in [2.05, 4.69) is 19.2 Å². The fourth-order valence-electron chi connectivity index (χ4n) is 6.03. The summed E-state index contributed by atoms with van der Waals surface area (Å²) in [6, 6.07) is 5.02. The van der Waals surface area contributed by atoms with Crippen molar-refractivity contribution in [1.29, 1.82) is 0 Å². The van der Waals surface area contributed by atoms with E-state index >= 15 is 0 Å². The van der Waals surface area contributed by atoms with Crippen molar-refractivity contribution in [2.75, 3.05) is 5.75 Å². The number of amides is 1. The van der Waals surface area contributed by atoms with Crippen molar-refractivity contribution in [3.8, 4) is 0 Å². The molecule has 1 aromatic carbocycles. The monoisotopic (exact) mass is 378 g/mol. The van der Waals surface area contributed by atoms with Crippen LogP contribution in [0.25, 0.3) is 0 Å². The second-order valence-electron chi connectivity index (χ2n) is 8.93. The van der Waals surface area contributed by atoms with E-state index in [0.29, 0.717) is 5.92 Å². The van der Waals surface area contributed by atoms with Crippen molar-refractivity contribution in [2.24, 2.45) is 16.7 Å². The number of nitrogens with zero attached hydrogens (tertiary/aromatic N) is 1. The molecule has 0 unspecified atom stereocenters.